The van der Waals surface area contributed by atoms with Gasteiger partial charge in [-0.3, -0.25) is 0 Å². The molecule has 0 aliphatic rings. The fraction of sp³-hybridized carbons (Fsp3) is 0.583. The topological polar surface area (TPSA) is 30.9 Å². The SMILES string of the molecule is C=CCOCOC/C=C/CN(CCCCCCCCC)c1ccc(OC)cc1. The molecule has 1 aromatic carbocycles. The van der Waals surface area contributed by atoms with E-state index in [4.69, 9.17) is 14.2 Å². The summed E-state index contributed by atoms with van der Waals surface area (Å²) in [5.74, 6) is 0.892. The van der Waals surface area contributed by atoms with Crippen molar-refractivity contribution in [1.29, 1.82) is 0 Å². The third-order valence-electron chi connectivity index (χ3n) is 4.58. The molecule has 4 nitrogen and oxygen atoms in total. The standard InChI is InChI=1S/C24H39NO3/c1-4-6-7-8-9-10-11-18-25(23-14-16-24(26-3)17-15-23)19-12-13-21-28-22-27-20-5-2/h5,12-17H,2,4,6-11,18-22H2,1,3H3/b13-12+. The number of unbranched alkanes of at least 4 members (excludes halogenated alkanes) is 6. The molecule has 0 atom stereocenters. The maximum Gasteiger partial charge on any atom is 0.147 e. The van der Waals surface area contributed by atoms with Crippen LogP contribution in [0.25, 0.3) is 0 Å². The first kappa shape index (κ1) is 24.3. The zero-order valence-electron chi connectivity index (χ0n) is 17.9. The Balaban J connectivity index is 2.40. The van der Waals surface area contributed by atoms with Crippen molar-refractivity contribution in [1.82, 2.24) is 0 Å². The van der Waals surface area contributed by atoms with Crippen molar-refractivity contribution < 1.29 is 14.2 Å². The number of hydrogen-bond acceptors (Lipinski definition) is 4. The van der Waals surface area contributed by atoms with Gasteiger partial charge in [0.2, 0.25) is 0 Å². The van der Waals surface area contributed by atoms with Crippen LogP contribution in [0.5, 0.6) is 5.75 Å². The Hall–Kier alpha value is -1.78. The normalized spacial score (nSPS) is 11.1. The summed E-state index contributed by atoms with van der Waals surface area (Å²) in [6.45, 7) is 9.19. The van der Waals surface area contributed by atoms with Gasteiger partial charge in [-0.05, 0) is 30.7 Å². The van der Waals surface area contributed by atoms with Gasteiger partial charge in [-0.2, -0.15) is 0 Å². The second kappa shape index (κ2) is 17.3. The van der Waals surface area contributed by atoms with E-state index in [2.05, 4.69) is 42.7 Å². The van der Waals surface area contributed by atoms with E-state index in [0.717, 1.165) is 18.8 Å². The van der Waals surface area contributed by atoms with Crippen LogP contribution in [-0.4, -0.2) is 40.2 Å². The molecule has 0 radical (unpaired) electrons. The van der Waals surface area contributed by atoms with Gasteiger partial charge in [-0.15, -0.1) is 6.58 Å². The summed E-state index contributed by atoms with van der Waals surface area (Å²) < 4.78 is 15.9. The van der Waals surface area contributed by atoms with Gasteiger partial charge < -0.3 is 19.1 Å². The van der Waals surface area contributed by atoms with E-state index in [1.165, 1.54) is 50.6 Å². The Kier molecular flexibility index (Phi) is 15.0. The van der Waals surface area contributed by atoms with Gasteiger partial charge >= 0.3 is 0 Å². The molecular formula is C24H39NO3. The lowest BCUT2D eigenvalue weighted by Crippen LogP contribution is -2.24. The van der Waals surface area contributed by atoms with Gasteiger partial charge in [-0.25, -0.2) is 0 Å². The highest BCUT2D eigenvalue weighted by Crippen LogP contribution is 2.20. The zero-order chi connectivity index (χ0) is 20.3. The lowest BCUT2D eigenvalue weighted by molar-refractivity contribution is -0.0331. The van der Waals surface area contributed by atoms with E-state index < -0.39 is 0 Å². The first-order valence-electron chi connectivity index (χ1n) is 10.6. The average molecular weight is 390 g/mol. The number of ether oxygens (including phenoxy) is 3. The van der Waals surface area contributed by atoms with Gasteiger partial charge in [0.25, 0.3) is 0 Å². The number of methoxy groups -OCH3 is 1. The molecule has 0 bridgehead atoms. The van der Waals surface area contributed by atoms with Gasteiger partial charge in [0.1, 0.15) is 12.5 Å². The van der Waals surface area contributed by atoms with E-state index in [1.54, 1.807) is 13.2 Å². The summed E-state index contributed by atoms with van der Waals surface area (Å²) in [5.41, 5.74) is 1.23. The lowest BCUT2D eigenvalue weighted by Gasteiger charge is -2.23. The molecule has 0 aliphatic heterocycles. The molecule has 0 fully saturated rings. The molecule has 0 heterocycles. The third kappa shape index (κ3) is 11.8. The summed E-state index contributed by atoms with van der Waals surface area (Å²) in [6.07, 6.45) is 15.2. The van der Waals surface area contributed by atoms with E-state index in [9.17, 15) is 0 Å². The number of anilines is 1. The lowest BCUT2D eigenvalue weighted by atomic mass is 10.1. The van der Waals surface area contributed by atoms with Crippen LogP contribution in [0.15, 0.2) is 49.1 Å². The molecule has 0 unspecified atom stereocenters. The summed E-state index contributed by atoms with van der Waals surface area (Å²) in [7, 11) is 1.70. The number of rotatable bonds is 18. The van der Waals surface area contributed by atoms with Crippen LogP contribution in [0, 0.1) is 0 Å². The number of hydrogen-bond donors (Lipinski definition) is 0. The molecule has 28 heavy (non-hydrogen) atoms. The molecular weight excluding hydrogens is 350 g/mol. The minimum absolute atomic E-state index is 0.302. The minimum atomic E-state index is 0.302. The molecule has 0 saturated heterocycles. The summed E-state index contributed by atoms with van der Waals surface area (Å²) >= 11 is 0. The molecule has 4 heteroatoms. The summed E-state index contributed by atoms with van der Waals surface area (Å²) in [6, 6.07) is 8.31. The van der Waals surface area contributed by atoms with Gasteiger partial charge in [-0.1, -0.05) is 63.7 Å². The zero-order valence-corrected chi connectivity index (χ0v) is 17.9. The van der Waals surface area contributed by atoms with Crippen LogP contribution in [-0.2, 0) is 9.47 Å². The summed E-state index contributed by atoms with van der Waals surface area (Å²) in [4.78, 5) is 2.41. The first-order chi connectivity index (χ1) is 13.8. The van der Waals surface area contributed by atoms with Crippen molar-refractivity contribution in [3.8, 4) is 5.75 Å². The largest absolute Gasteiger partial charge is 0.497 e. The smallest absolute Gasteiger partial charge is 0.147 e. The average Bonchev–Trinajstić information content (AvgIpc) is 2.73. The Morgan fingerprint density at radius 2 is 1.57 bits per heavy atom. The Morgan fingerprint density at radius 1 is 0.893 bits per heavy atom. The number of benzene rings is 1. The van der Waals surface area contributed by atoms with Crippen molar-refractivity contribution >= 4 is 5.69 Å². The fourth-order valence-electron chi connectivity index (χ4n) is 2.95. The van der Waals surface area contributed by atoms with Crippen LogP contribution in [0.1, 0.15) is 51.9 Å². The van der Waals surface area contributed by atoms with Crippen molar-refractivity contribution in [2.75, 3.05) is 45.1 Å². The molecule has 158 valence electrons. The van der Waals surface area contributed by atoms with E-state index in [-0.39, 0.29) is 0 Å². The van der Waals surface area contributed by atoms with E-state index >= 15 is 0 Å². The highest BCUT2D eigenvalue weighted by molar-refractivity contribution is 5.49. The maximum atomic E-state index is 5.41. The van der Waals surface area contributed by atoms with E-state index in [1.807, 2.05) is 12.1 Å². The monoisotopic (exact) mass is 389 g/mol. The predicted molar refractivity (Wildman–Crippen MR) is 119 cm³/mol. The molecule has 0 aliphatic carbocycles. The van der Waals surface area contributed by atoms with Crippen molar-refractivity contribution in [3.05, 3.63) is 49.1 Å². The second-order valence-corrected chi connectivity index (χ2v) is 6.88. The molecule has 0 N–H and O–H groups in total. The van der Waals surface area contributed by atoms with Gasteiger partial charge in [0.05, 0.1) is 20.3 Å². The minimum Gasteiger partial charge on any atom is -0.497 e. The highest BCUT2D eigenvalue weighted by Gasteiger charge is 2.05. The predicted octanol–water partition coefficient (Wildman–Crippen LogP) is 5.99. The van der Waals surface area contributed by atoms with Crippen LogP contribution in [0.3, 0.4) is 0 Å². The quantitative estimate of drug-likeness (QED) is 0.175. The molecule has 0 amide bonds. The second-order valence-electron chi connectivity index (χ2n) is 6.88. The van der Waals surface area contributed by atoms with Crippen LogP contribution in [0.4, 0.5) is 5.69 Å². The highest BCUT2D eigenvalue weighted by atomic mass is 16.7. The van der Waals surface area contributed by atoms with Crippen LogP contribution in [0.2, 0.25) is 0 Å². The van der Waals surface area contributed by atoms with Crippen LogP contribution >= 0.6 is 0 Å². The molecule has 1 rings (SSSR count). The van der Waals surface area contributed by atoms with Crippen molar-refractivity contribution in [2.24, 2.45) is 0 Å². The van der Waals surface area contributed by atoms with Gasteiger partial charge in [0.15, 0.2) is 0 Å². The first-order valence-corrected chi connectivity index (χ1v) is 10.6. The van der Waals surface area contributed by atoms with Crippen LogP contribution < -0.4 is 9.64 Å². The van der Waals surface area contributed by atoms with Crippen molar-refractivity contribution in [2.45, 2.75) is 51.9 Å². The molecule has 0 saturated carbocycles. The molecule has 0 spiro atoms. The number of nitrogens with zero attached hydrogens (tertiary/aromatic N) is 1. The Morgan fingerprint density at radius 3 is 2.25 bits per heavy atom. The fourth-order valence-corrected chi connectivity index (χ4v) is 2.95. The Labute approximate surface area is 172 Å². The van der Waals surface area contributed by atoms with E-state index in [0.29, 0.717) is 20.0 Å². The van der Waals surface area contributed by atoms with Crippen molar-refractivity contribution in [3.63, 3.8) is 0 Å². The third-order valence-corrected chi connectivity index (χ3v) is 4.58. The van der Waals surface area contributed by atoms with Gasteiger partial charge in [0, 0.05) is 18.8 Å². The summed E-state index contributed by atoms with van der Waals surface area (Å²) in [5, 5.41) is 0. The molecule has 1 aromatic rings. The molecule has 0 aromatic heterocycles. The Bertz CT molecular complexity index is 513. The maximum absolute atomic E-state index is 5.41.